The van der Waals surface area contributed by atoms with Gasteiger partial charge in [0.05, 0.1) is 17.7 Å². The van der Waals surface area contributed by atoms with Crippen molar-refractivity contribution < 1.29 is 14.7 Å². The number of aliphatic hydroxyl groups is 1. The van der Waals surface area contributed by atoms with E-state index in [0.29, 0.717) is 13.0 Å². The van der Waals surface area contributed by atoms with Gasteiger partial charge in [-0.15, -0.1) is 0 Å². The van der Waals surface area contributed by atoms with Gasteiger partial charge in [-0.1, -0.05) is 30.3 Å². The van der Waals surface area contributed by atoms with E-state index in [1.54, 1.807) is 6.92 Å². The number of benzene rings is 1. The van der Waals surface area contributed by atoms with Gasteiger partial charge in [0, 0.05) is 18.4 Å². The predicted molar refractivity (Wildman–Crippen MR) is 93.5 cm³/mol. The lowest BCUT2D eigenvalue weighted by atomic mass is 9.79. The Hall–Kier alpha value is -1.88. The zero-order valence-electron chi connectivity index (χ0n) is 14.6. The van der Waals surface area contributed by atoms with Crippen molar-refractivity contribution in [1.82, 2.24) is 10.2 Å². The Bertz CT molecular complexity index is 665. The van der Waals surface area contributed by atoms with Crippen LogP contribution in [-0.4, -0.2) is 40.0 Å². The summed E-state index contributed by atoms with van der Waals surface area (Å²) in [7, 11) is 0. The molecular formula is C20H26N2O3. The van der Waals surface area contributed by atoms with Gasteiger partial charge in [0.15, 0.2) is 0 Å². The molecule has 1 aromatic carbocycles. The fourth-order valence-electron chi connectivity index (χ4n) is 3.85. The number of rotatable bonds is 4. The third-order valence-electron chi connectivity index (χ3n) is 5.78. The predicted octanol–water partition coefficient (Wildman–Crippen LogP) is 2.02. The Morgan fingerprint density at radius 2 is 1.76 bits per heavy atom. The Morgan fingerprint density at radius 3 is 2.36 bits per heavy atom. The average molecular weight is 342 g/mol. The molecule has 0 bridgehead atoms. The maximum absolute atomic E-state index is 12.9. The summed E-state index contributed by atoms with van der Waals surface area (Å²) in [5.41, 5.74) is -0.0663. The fourth-order valence-corrected chi connectivity index (χ4v) is 3.85. The third kappa shape index (κ3) is 3.30. The smallest absolute Gasteiger partial charge is 0.226 e. The largest absolute Gasteiger partial charge is 0.388 e. The second-order valence-corrected chi connectivity index (χ2v) is 8.03. The van der Waals surface area contributed by atoms with Gasteiger partial charge in [0.2, 0.25) is 11.8 Å². The fraction of sp³-hybridized carbons (Fsp3) is 0.600. The van der Waals surface area contributed by atoms with Gasteiger partial charge in [0.25, 0.3) is 0 Å². The quantitative estimate of drug-likeness (QED) is 0.879. The molecule has 2 amide bonds. The lowest BCUT2D eigenvalue weighted by Gasteiger charge is -2.49. The molecule has 5 heteroatoms. The van der Waals surface area contributed by atoms with Crippen LogP contribution in [0.25, 0.3) is 0 Å². The van der Waals surface area contributed by atoms with Crippen LogP contribution in [0.15, 0.2) is 30.3 Å². The zero-order valence-corrected chi connectivity index (χ0v) is 14.6. The summed E-state index contributed by atoms with van der Waals surface area (Å²) < 4.78 is 0. The molecule has 0 spiro atoms. The molecule has 2 aliphatic carbocycles. The number of likely N-dealkylation sites (tertiary alicyclic amines) is 1. The molecule has 25 heavy (non-hydrogen) atoms. The molecule has 0 radical (unpaired) electrons. The second-order valence-electron chi connectivity index (χ2n) is 8.03. The summed E-state index contributed by atoms with van der Waals surface area (Å²) >= 11 is 0. The van der Waals surface area contributed by atoms with Crippen molar-refractivity contribution in [3.8, 4) is 0 Å². The van der Waals surface area contributed by atoms with Gasteiger partial charge in [-0.25, -0.2) is 0 Å². The molecule has 2 saturated carbocycles. The van der Waals surface area contributed by atoms with E-state index in [4.69, 9.17) is 0 Å². The van der Waals surface area contributed by atoms with Crippen LogP contribution in [0, 0.1) is 11.8 Å². The molecule has 3 fully saturated rings. The lowest BCUT2D eigenvalue weighted by molar-refractivity contribution is -0.147. The summed E-state index contributed by atoms with van der Waals surface area (Å²) in [6.07, 6.45) is 4.21. The normalized spacial score (nSPS) is 32.3. The van der Waals surface area contributed by atoms with Gasteiger partial charge in [-0.3, -0.25) is 9.59 Å². The van der Waals surface area contributed by atoms with E-state index >= 15 is 0 Å². The van der Waals surface area contributed by atoms with E-state index in [2.05, 4.69) is 5.32 Å². The molecule has 0 aromatic heterocycles. The summed E-state index contributed by atoms with van der Waals surface area (Å²) in [4.78, 5) is 27.2. The molecule has 5 nitrogen and oxygen atoms in total. The first-order chi connectivity index (χ1) is 12.0. The molecule has 1 aromatic rings. The summed E-state index contributed by atoms with van der Waals surface area (Å²) in [6, 6.07) is 8.98. The maximum Gasteiger partial charge on any atom is 0.226 e. The molecule has 1 heterocycles. The Kier molecular flexibility index (Phi) is 4.07. The molecule has 3 aliphatic rings. The van der Waals surface area contributed by atoms with E-state index in [9.17, 15) is 14.7 Å². The Morgan fingerprint density at radius 1 is 1.12 bits per heavy atom. The highest BCUT2D eigenvalue weighted by molar-refractivity contribution is 5.83. The minimum atomic E-state index is -1.04. The number of hydrogen-bond acceptors (Lipinski definition) is 3. The number of carbonyl (C=O) groups is 2. The SMILES string of the molecule is CC1(O)CCN(C(=O)C2CC2)C(c2ccccc2)C1NC(=O)C1CC1. The number of carbonyl (C=O) groups excluding carboxylic acids is 2. The van der Waals surface area contributed by atoms with Gasteiger partial charge in [0.1, 0.15) is 0 Å². The number of nitrogens with zero attached hydrogens (tertiary/aromatic N) is 1. The molecule has 3 unspecified atom stereocenters. The second kappa shape index (κ2) is 6.13. The first-order valence-electron chi connectivity index (χ1n) is 9.35. The Balaban J connectivity index is 1.68. The van der Waals surface area contributed by atoms with Gasteiger partial charge in [-0.2, -0.15) is 0 Å². The van der Waals surface area contributed by atoms with Crippen LogP contribution < -0.4 is 5.32 Å². The van der Waals surface area contributed by atoms with Crippen LogP contribution in [-0.2, 0) is 9.59 Å². The Labute approximate surface area is 148 Å². The molecule has 1 aliphatic heterocycles. The van der Waals surface area contributed by atoms with E-state index in [0.717, 1.165) is 31.2 Å². The van der Waals surface area contributed by atoms with Crippen molar-refractivity contribution in [3.63, 3.8) is 0 Å². The topological polar surface area (TPSA) is 69.6 Å². The van der Waals surface area contributed by atoms with Crippen molar-refractivity contribution in [2.24, 2.45) is 11.8 Å². The number of amides is 2. The van der Waals surface area contributed by atoms with Crippen molar-refractivity contribution >= 4 is 11.8 Å². The molecule has 3 atom stereocenters. The summed E-state index contributed by atoms with van der Waals surface area (Å²) in [5.74, 6) is 0.359. The zero-order chi connectivity index (χ0) is 17.6. The van der Waals surface area contributed by atoms with Crippen molar-refractivity contribution in [2.45, 2.75) is 56.7 Å². The van der Waals surface area contributed by atoms with E-state index < -0.39 is 11.6 Å². The third-order valence-corrected chi connectivity index (χ3v) is 5.78. The van der Waals surface area contributed by atoms with Crippen LogP contribution in [0.1, 0.15) is 50.6 Å². The number of hydrogen-bond donors (Lipinski definition) is 2. The van der Waals surface area contributed by atoms with Crippen LogP contribution in [0.2, 0.25) is 0 Å². The molecule has 2 N–H and O–H groups in total. The van der Waals surface area contributed by atoms with Gasteiger partial charge < -0.3 is 15.3 Å². The monoisotopic (exact) mass is 342 g/mol. The van der Waals surface area contributed by atoms with E-state index in [-0.39, 0.29) is 29.7 Å². The van der Waals surface area contributed by atoms with Gasteiger partial charge in [-0.05, 0) is 44.6 Å². The number of nitrogens with one attached hydrogen (secondary N) is 1. The van der Waals surface area contributed by atoms with Gasteiger partial charge >= 0.3 is 0 Å². The van der Waals surface area contributed by atoms with Crippen molar-refractivity contribution in [3.05, 3.63) is 35.9 Å². The van der Waals surface area contributed by atoms with Crippen molar-refractivity contribution in [2.75, 3.05) is 6.54 Å². The minimum absolute atomic E-state index is 0.00641. The highest BCUT2D eigenvalue weighted by Gasteiger charge is 2.50. The van der Waals surface area contributed by atoms with E-state index in [1.165, 1.54) is 0 Å². The van der Waals surface area contributed by atoms with Crippen LogP contribution in [0.5, 0.6) is 0 Å². The molecule has 134 valence electrons. The lowest BCUT2D eigenvalue weighted by Crippen LogP contribution is -2.63. The van der Waals surface area contributed by atoms with E-state index in [1.807, 2.05) is 35.2 Å². The number of piperidine rings is 1. The van der Waals surface area contributed by atoms with Crippen LogP contribution >= 0.6 is 0 Å². The van der Waals surface area contributed by atoms with Crippen LogP contribution in [0.4, 0.5) is 0 Å². The first kappa shape index (κ1) is 16.6. The first-order valence-corrected chi connectivity index (χ1v) is 9.35. The minimum Gasteiger partial charge on any atom is -0.388 e. The molecule has 1 saturated heterocycles. The van der Waals surface area contributed by atoms with Crippen molar-refractivity contribution in [1.29, 1.82) is 0 Å². The standard InChI is InChI=1S/C20H26N2O3/c1-20(25)11-12-22(19(24)15-9-10-15)16(13-5-3-2-4-6-13)17(20)21-18(23)14-7-8-14/h2-6,14-17,25H,7-12H2,1H3,(H,21,23). The highest BCUT2D eigenvalue weighted by atomic mass is 16.3. The van der Waals surface area contributed by atoms with Crippen LogP contribution in [0.3, 0.4) is 0 Å². The summed E-state index contributed by atoms with van der Waals surface area (Å²) in [5, 5.41) is 14.1. The highest BCUT2D eigenvalue weighted by Crippen LogP contribution is 2.41. The average Bonchev–Trinajstić information content (AvgIpc) is 3.49. The summed E-state index contributed by atoms with van der Waals surface area (Å²) in [6.45, 7) is 2.30. The maximum atomic E-state index is 12.9. The molecular weight excluding hydrogens is 316 g/mol. The molecule has 4 rings (SSSR count).